The average Bonchev–Trinajstić information content (AvgIpc) is 2.82. The van der Waals surface area contributed by atoms with Crippen LogP contribution in [0.4, 0.5) is 0 Å². The molecule has 7 nitrogen and oxygen atoms in total. The van der Waals surface area contributed by atoms with E-state index in [1.807, 2.05) is 0 Å². The lowest BCUT2D eigenvalue weighted by atomic mass is 10.3. The van der Waals surface area contributed by atoms with E-state index in [1.165, 1.54) is 31.8 Å². The van der Waals surface area contributed by atoms with Crippen molar-refractivity contribution in [2.24, 2.45) is 0 Å². The fourth-order valence-electron chi connectivity index (χ4n) is 1.29. The maximum absolute atomic E-state index is 11.5. The summed E-state index contributed by atoms with van der Waals surface area (Å²) >= 11 is 0. The smallest absolute Gasteiger partial charge is 0.341 e. The van der Waals surface area contributed by atoms with Crippen LogP contribution in [0.5, 0.6) is 0 Å². The molecule has 108 valence electrons. The molecule has 0 radical (unpaired) electrons. The van der Waals surface area contributed by atoms with E-state index < -0.39 is 16.0 Å². The lowest BCUT2D eigenvalue weighted by molar-refractivity contribution is 0.0600. The van der Waals surface area contributed by atoms with E-state index in [-0.39, 0.29) is 5.75 Å². The number of furan rings is 1. The van der Waals surface area contributed by atoms with Crippen LogP contribution < -0.4 is 5.32 Å². The number of carbonyl (C=O) groups is 1. The van der Waals surface area contributed by atoms with E-state index in [1.54, 1.807) is 6.07 Å². The van der Waals surface area contributed by atoms with Crippen LogP contribution in [-0.4, -0.2) is 52.2 Å². The summed E-state index contributed by atoms with van der Waals surface area (Å²) in [5.74, 6) is 0.0812. The molecule has 0 saturated heterocycles. The Morgan fingerprint density at radius 3 is 2.74 bits per heavy atom. The minimum atomic E-state index is -3.20. The number of sulfonamides is 1. The van der Waals surface area contributed by atoms with Gasteiger partial charge in [-0.25, -0.2) is 17.5 Å². The van der Waals surface area contributed by atoms with Gasteiger partial charge in [0.1, 0.15) is 12.0 Å². The Morgan fingerprint density at radius 1 is 1.47 bits per heavy atom. The van der Waals surface area contributed by atoms with Gasteiger partial charge in [-0.15, -0.1) is 0 Å². The SMILES string of the molecule is COC(=O)c1coc(CNCCS(=O)(=O)N(C)C)c1. The summed E-state index contributed by atoms with van der Waals surface area (Å²) in [5.41, 5.74) is 0.334. The van der Waals surface area contributed by atoms with Crippen LogP contribution in [0.1, 0.15) is 16.1 Å². The van der Waals surface area contributed by atoms with E-state index in [0.29, 0.717) is 24.4 Å². The van der Waals surface area contributed by atoms with Crippen LogP contribution in [0.3, 0.4) is 0 Å². The van der Waals surface area contributed by atoms with Gasteiger partial charge in [0.25, 0.3) is 0 Å². The monoisotopic (exact) mass is 290 g/mol. The first-order valence-corrected chi connectivity index (χ1v) is 7.24. The van der Waals surface area contributed by atoms with Crippen LogP contribution in [0.25, 0.3) is 0 Å². The molecule has 1 N–H and O–H groups in total. The lowest BCUT2D eigenvalue weighted by Gasteiger charge is -2.10. The van der Waals surface area contributed by atoms with E-state index >= 15 is 0 Å². The van der Waals surface area contributed by atoms with Gasteiger partial charge in [0.2, 0.25) is 10.0 Å². The normalized spacial score (nSPS) is 11.8. The molecule has 0 aliphatic carbocycles. The van der Waals surface area contributed by atoms with Gasteiger partial charge in [-0.1, -0.05) is 0 Å². The lowest BCUT2D eigenvalue weighted by Crippen LogP contribution is -2.30. The Labute approximate surface area is 112 Å². The highest BCUT2D eigenvalue weighted by Gasteiger charge is 2.13. The molecule has 0 aliphatic rings. The van der Waals surface area contributed by atoms with Gasteiger partial charge in [-0.3, -0.25) is 0 Å². The third-order valence-electron chi connectivity index (χ3n) is 2.47. The van der Waals surface area contributed by atoms with E-state index in [9.17, 15) is 13.2 Å². The Balaban J connectivity index is 2.38. The molecule has 0 bridgehead atoms. The van der Waals surface area contributed by atoms with E-state index in [2.05, 4.69) is 10.1 Å². The highest BCUT2D eigenvalue weighted by molar-refractivity contribution is 7.89. The van der Waals surface area contributed by atoms with Gasteiger partial charge in [-0.05, 0) is 6.07 Å². The molecule has 1 rings (SSSR count). The zero-order chi connectivity index (χ0) is 14.5. The summed E-state index contributed by atoms with van der Waals surface area (Å²) in [7, 11) is 1.07. The summed E-state index contributed by atoms with van der Waals surface area (Å²) in [6.07, 6.45) is 1.30. The van der Waals surface area contributed by atoms with E-state index in [0.717, 1.165) is 0 Å². The second-order valence-electron chi connectivity index (χ2n) is 4.07. The van der Waals surface area contributed by atoms with Gasteiger partial charge in [-0.2, -0.15) is 0 Å². The molecule has 19 heavy (non-hydrogen) atoms. The number of rotatable bonds is 7. The van der Waals surface area contributed by atoms with Crippen molar-refractivity contribution >= 4 is 16.0 Å². The third kappa shape index (κ3) is 4.66. The van der Waals surface area contributed by atoms with Crippen LogP contribution in [0, 0.1) is 0 Å². The van der Waals surface area contributed by atoms with Gasteiger partial charge < -0.3 is 14.5 Å². The first-order valence-electron chi connectivity index (χ1n) is 5.63. The zero-order valence-electron chi connectivity index (χ0n) is 11.2. The Kier molecular flexibility index (Phi) is 5.52. The standard InChI is InChI=1S/C11H18N2O5S/c1-13(2)19(15,16)5-4-12-7-10-6-9(8-18-10)11(14)17-3/h6,8,12H,4-5,7H2,1-3H3. The highest BCUT2D eigenvalue weighted by Crippen LogP contribution is 2.08. The quantitative estimate of drug-likeness (QED) is 0.564. The van der Waals surface area contributed by atoms with Crippen LogP contribution in [-0.2, 0) is 21.3 Å². The second kappa shape index (κ2) is 6.69. The van der Waals surface area contributed by atoms with Gasteiger partial charge >= 0.3 is 5.97 Å². The Hall–Kier alpha value is -1.38. The maximum atomic E-state index is 11.5. The predicted molar refractivity (Wildman–Crippen MR) is 69.2 cm³/mol. The van der Waals surface area contributed by atoms with Crippen molar-refractivity contribution in [3.05, 3.63) is 23.7 Å². The molecule has 0 atom stereocenters. The van der Waals surface area contributed by atoms with E-state index in [4.69, 9.17) is 4.42 Å². The van der Waals surface area contributed by atoms with Crippen molar-refractivity contribution in [1.29, 1.82) is 0 Å². The van der Waals surface area contributed by atoms with Crippen molar-refractivity contribution in [1.82, 2.24) is 9.62 Å². The van der Waals surface area contributed by atoms with Crippen molar-refractivity contribution in [2.75, 3.05) is 33.5 Å². The molecule has 0 saturated carbocycles. The van der Waals surface area contributed by atoms with Gasteiger partial charge in [0.15, 0.2) is 0 Å². The molecule has 0 aliphatic heterocycles. The summed E-state index contributed by atoms with van der Waals surface area (Å²) < 4.78 is 33.8. The van der Waals surface area contributed by atoms with Crippen molar-refractivity contribution in [2.45, 2.75) is 6.54 Å². The first-order chi connectivity index (χ1) is 8.86. The van der Waals surface area contributed by atoms with Crippen molar-refractivity contribution < 1.29 is 22.4 Å². The number of methoxy groups -OCH3 is 1. The third-order valence-corrected chi connectivity index (χ3v) is 4.30. The molecule has 1 heterocycles. The minimum absolute atomic E-state index is 0.00453. The number of nitrogens with one attached hydrogen (secondary N) is 1. The predicted octanol–water partition coefficient (Wildman–Crippen LogP) is 0.0472. The average molecular weight is 290 g/mol. The molecule has 8 heteroatoms. The zero-order valence-corrected chi connectivity index (χ0v) is 12.0. The second-order valence-corrected chi connectivity index (χ2v) is 6.37. The van der Waals surface area contributed by atoms with Crippen LogP contribution in [0.15, 0.2) is 16.7 Å². The highest BCUT2D eigenvalue weighted by atomic mass is 32.2. The topological polar surface area (TPSA) is 88.8 Å². The summed E-state index contributed by atoms with van der Waals surface area (Å²) in [4.78, 5) is 11.2. The number of nitrogens with zero attached hydrogens (tertiary/aromatic N) is 1. The molecule has 0 aromatic carbocycles. The summed E-state index contributed by atoms with van der Waals surface area (Å²) in [6.45, 7) is 0.648. The van der Waals surface area contributed by atoms with Crippen molar-refractivity contribution in [3.63, 3.8) is 0 Å². The summed E-state index contributed by atoms with van der Waals surface area (Å²) in [5, 5.41) is 2.93. The van der Waals surface area contributed by atoms with Crippen LogP contribution >= 0.6 is 0 Å². The fourth-order valence-corrected chi connectivity index (χ4v) is 2.06. The molecule has 0 spiro atoms. The summed E-state index contributed by atoms with van der Waals surface area (Å²) in [6, 6.07) is 1.55. The molecular formula is C11H18N2O5S. The Morgan fingerprint density at radius 2 is 2.16 bits per heavy atom. The number of carbonyl (C=O) groups excluding carboxylic acids is 1. The molecule has 0 fully saturated rings. The minimum Gasteiger partial charge on any atom is -0.467 e. The van der Waals surface area contributed by atoms with Crippen molar-refractivity contribution in [3.8, 4) is 0 Å². The molecular weight excluding hydrogens is 272 g/mol. The largest absolute Gasteiger partial charge is 0.467 e. The fraction of sp³-hybridized carbons (Fsp3) is 0.545. The van der Waals surface area contributed by atoms with Gasteiger partial charge in [0, 0.05) is 20.6 Å². The molecule has 0 amide bonds. The molecule has 1 aromatic rings. The van der Waals surface area contributed by atoms with Crippen LogP contribution in [0.2, 0.25) is 0 Å². The maximum Gasteiger partial charge on any atom is 0.341 e. The van der Waals surface area contributed by atoms with Gasteiger partial charge in [0.05, 0.1) is 25.0 Å². The molecule has 0 unspecified atom stereocenters. The Bertz CT molecular complexity index is 521. The number of esters is 1. The number of hydrogen-bond acceptors (Lipinski definition) is 6. The first kappa shape index (κ1) is 15.7. The number of ether oxygens (including phenoxy) is 1. The number of hydrogen-bond donors (Lipinski definition) is 1. The molecule has 1 aromatic heterocycles.